The van der Waals surface area contributed by atoms with E-state index in [1.807, 2.05) is 4.90 Å². The molecule has 7 nitrogen and oxygen atoms in total. The van der Waals surface area contributed by atoms with Gasteiger partial charge in [-0.25, -0.2) is 13.6 Å². The number of hydrogen-bond donors (Lipinski definition) is 3. The Balaban J connectivity index is 1.19. The average Bonchev–Trinajstić information content (AvgIpc) is 3.22. The molecule has 3 N–H and O–H groups in total. The Kier molecular flexibility index (Phi) is 5.76. The van der Waals surface area contributed by atoms with Crippen molar-refractivity contribution in [3.8, 4) is 0 Å². The number of H-pyrrole nitrogens is 1. The molecule has 0 unspecified atom stereocenters. The van der Waals surface area contributed by atoms with Gasteiger partial charge in [0.15, 0.2) is 5.82 Å². The predicted octanol–water partition coefficient (Wildman–Crippen LogP) is 4.93. The number of aromatic amines is 1. The fraction of sp³-hybridized carbons (Fsp3) is 0.640. The van der Waals surface area contributed by atoms with Gasteiger partial charge in [-0.05, 0) is 62.7 Å². The molecule has 3 heterocycles. The van der Waals surface area contributed by atoms with Crippen molar-refractivity contribution in [1.82, 2.24) is 20.2 Å². The van der Waals surface area contributed by atoms with Gasteiger partial charge in [-0.3, -0.25) is 9.78 Å². The number of carboxylic acid groups (broad SMARTS) is 1. The Hall–Kier alpha value is -2.71. The number of fused-ring (bicyclic) bond motifs is 4. The highest BCUT2D eigenvalue weighted by Crippen LogP contribution is 2.56. The number of aliphatic carboxylic acids is 1. The third kappa shape index (κ3) is 3.92. The normalized spacial score (nSPS) is 28.3. The topological polar surface area (TPSA) is 98.3 Å². The molecule has 184 valence electrons. The fourth-order valence-electron chi connectivity index (χ4n) is 6.68. The average molecular weight is 475 g/mol. The molecule has 3 saturated carbocycles. The molecule has 1 atom stereocenters. The van der Waals surface area contributed by atoms with Gasteiger partial charge in [0.2, 0.25) is 0 Å². The lowest BCUT2D eigenvalue weighted by Crippen LogP contribution is -2.60. The number of hydrogen-bond acceptors (Lipinski definition) is 3. The molecule has 0 spiro atoms. The molecular weight excluding hydrogens is 442 g/mol. The van der Waals surface area contributed by atoms with Crippen LogP contribution < -0.4 is 5.32 Å². The summed E-state index contributed by atoms with van der Waals surface area (Å²) in [4.78, 5) is 33.0. The Morgan fingerprint density at radius 2 is 1.82 bits per heavy atom. The summed E-state index contributed by atoms with van der Waals surface area (Å²) in [6.45, 7) is 3.13. The number of halogens is 2. The minimum atomic E-state index is -0.739. The summed E-state index contributed by atoms with van der Waals surface area (Å²) in [6.07, 6.45) is 9.34. The number of carbonyl (C=O) groups is 2. The second-order valence-electron chi connectivity index (χ2n) is 10.7. The molecular formula is C25H32F2N4O3. The lowest BCUT2D eigenvalue weighted by Gasteiger charge is -2.56. The Bertz CT molecular complexity index is 1080. The Morgan fingerprint density at radius 1 is 1.18 bits per heavy atom. The van der Waals surface area contributed by atoms with Crippen molar-refractivity contribution in [1.29, 1.82) is 0 Å². The van der Waals surface area contributed by atoms with Gasteiger partial charge in [0.1, 0.15) is 5.82 Å². The lowest BCUT2D eigenvalue weighted by atomic mass is 9.53. The van der Waals surface area contributed by atoms with Crippen molar-refractivity contribution >= 4 is 22.9 Å². The van der Waals surface area contributed by atoms with Crippen LogP contribution in [0.25, 0.3) is 10.9 Å². The van der Waals surface area contributed by atoms with Gasteiger partial charge in [0, 0.05) is 37.2 Å². The van der Waals surface area contributed by atoms with Crippen LogP contribution in [0.5, 0.6) is 0 Å². The molecule has 9 heteroatoms. The van der Waals surface area contributed by atoms with E-state index in [-0.39, 0.29) is 46.1 Å². The van der Waals surface area contributed by atoms with Crippen molar-refractivity contribution in [2.24, 2.45) is 11.3 Å². The summed E-state index contributed by atoms with van der Waals surface area (Å²) in [7, 11) is 0. The maximum absolute atomic E-state index is 14.3. The fourth-order valence-corrected chi connectivity index (χ4v) is 6.68. The lowest BCUT2D eigenvalue weighted by molar-refractivity contribution is -0.140. The van der Waals surface area contributed by atoms with Crippen molar-refractivity contribution < 1.29 is 23.5 Å². The van der Waals surface area contributed by atoms with E-state index in [2.05, 4.69) is 22.2 Å². The van der Waals surface area contributed by atoms with E-state index < -0.39 is 17.6 Å². The molecule has 4 aliphatic rings. The van der Waals surface area contributed by atoms with Crippen LogP contribution in [0, 0.1) is 23.0 Å². The second kappa shape index (κ2) is 8.50. The molecule has 2 aromatic rings. The van der Waals surface area contributed by atoms with E-state index in [1.165, 1.54) is 0 Å². The highest BCUT2D eigenvalue weighted by Gasteiger charge is 2.52. The van der Waals surface area contributed by atoms with Gasteiger partial charge >= 0.3 is 12.0 Å². The first-order chi connectivity index (χ1) is 16.2. The summed E-state index contributed by atoms with van der Waals surface area (Å²) in [6, 6.07) is -0.0588. The molecule has 1 aliphatic heterocycles. The van der Waals surface area contributed by atoms with E-state index in [0.29, 0.717) is 31.6 Å². The third-order valence-corrected chi connectivity index (χ3v) is 9.02. The summed E-state index contributed by atoms with van der Waals surface area (Å²) in [5, 5.41) is 12.7. The van der Waals surface area contributed by atoms with Gasteiger partial charge < -0.3 is 20.3 Å². The van der Waals surface area contributed by atoms with Crippen LogP contribution in [0.15, 0.2) is 12.4 Å². The number of carbonyl (C=O) groups excluding carboxylic acids is 1. The van der Waals surface area contributed by atoms with Crippen molar-refractivity contribution in [3.63, 3.8) is 0 Å². The third-order valence-electron chi connectivity index (χ3n) is 9.02. The molecule has 1 saturated heterocycles. The first-order valence-corrected chi connectivity index (χ1v) is 12.3. The van der Waals surface area contributed by atoms with E-state index in [4.69, 9.17) is 0 Å². The standard InChI is InChI=1S/C25H32F2N4O3/c1-15(12-19(32)33)24-4-7-25(8-5-24,9-6-24)30-23(34)31-10-2-16(3-11-31)21-20-17(26)13-29-22(20)18(27)14-28-21/h13-16,29H,2-12H2,1H3,(H,30,34)(H,32,33)/t15-,24?,25?/m1/s1. The minimum absolute atomic E-state index is 0.0312. The first-order valence-electron chi connectivity index (χ1n) is 12.3. The number of likely N-dealkylation sites (tertiary alicyclic amines) is 1. The summed E-state index contributed by atoms with van der Waals surface area (Å²) < 4.78 is 28.3. The van der Waals surface area contributed by atoms with Crippen LogP contribution >= 0.6 is 0 Å². The van der Waals surface area contributed by atoms with Crippen molar-refractivity contribution in [2.45, 2.75) is 76.2 Å². The van der Waals surface area contributed by atoms with Crippen molar-refractivity contribution in [3.05, 3.63) is 29.7 Å². The van der Waals surface area contributed by atoms with Crippen LogP contribution in [0.3, 0.4) is 0 Å². The minimum Gasteiger partial charge on any atom is -0.481 e. The number of rotatable bonds is 5. The summed E-state index contributed by atoms with van der Waals surface area (Å²) in [5.74, 6) is -1.69. The van der Waals surface area contributed by atoms with Crippen LogP contribution in [0.1, 0.15) is 76.3 Å². The van der Waals surface area contributed by atoms with Crippen LogP contribution in [-0.4, -0.2) is 50.6 Å². The maximum atomic E-state index is 14.3. The quantitative estimate of drug-likeness (QED) is 0.572. The first kappa shape index (κ1) is 23.1. The highest BCUT2D eigenvalue weighted by molar-refractivity contribution is 5.83. The van der Waals surface area contributed by atoms with Gasteiger partial charge in [-0.1, -0.05) is 6.92 Å². The molecule has 0 aromatic carbocycles. The number of aromatic nitrogens is 2. The number of urea groups is 1. The second-order valence-corrected chi connectivity index (χ2v) is 10.7. The number of piperidine rings is 1. The Morgan fingerprint density at radius 3 is 2.44 bits per heavy atom. The molecule has 2 amide bonds. The SMILES string of the molecule is C[C@H](CC(=O)O)C12CCC(NC(=O)N3CCC(c4ncc(F)c5[nH]cc(F)c45)CC3)(CC1)CC2. The molecule has 0 radical (unpaired) electrons. The van der Waals surface area contributed by atoms with E-state index in [9.17, 15) is 23.5 Å². The zero-order chi connectivity index (χ0) is 24.1. The van der Waals surface area contributed by atoms with Crippen LogP contribution in [0.4, 0.5) is 13.6 Å². The van der Waals surface area contributed by atoms with Gasteiger partial charge in [0.05, 0.1) is 22.8 Å². The molecule has 2 aromatic heterocycles. The van der Waals surface area contributed by atoms with E-state index in [0.717, 1.165) is 50.9 Å². The van der Waals surface area contributed by atoms with Crippen LogP contribution in [-0.2, 0) is 4.79 Å². The number of amides is 2. The number of nitrogens with zero attached hydrogens (tertiary/aromatic N) is 2. The molecule has 2 bridgehead atoms. The number of nitrogens with one attached hydrogen (secondary N) is 2. The summed E-state index contributed by atoms with van der Waals surface area (Å²) in [5.41, 5.74) is 0.590. The van der Waals surface area contributed by atoms with Gasteiger partial charge in [-0.15, -0.1) is 0 Å². The highest BCUT2D eigenvalue weighted by atomic mass is 19.1. The molecule has 6 rings (SSSR count). The monoisotopic (exact) mass is 474 g/mol. The smallest absolute Gasteiger partial charge is 0.317 e. The molecule has 4 fully saturated rings. The zero-order valence-corrected chi connectivity index (χ0v) is 19.5. The summed E-state index contributed by atoms with van der Waals surface area (Å²) >= 11 is 0. The number of pyridine rings is 1. The number of carboxylic acids is 1. The van der Waals surface area contributed by atoms with E-state index in [1.54, 1.807) is 0 Å². The largest absolute Gasteiger partial charge is 0.481 e. The zero-order valence-electron chi connectivity index (χ0n) is 19.5. The van der Waals surface area contributed by atoms with Gasteiger partial charge in [-0.2, -0.15) is 0 Å². The van der Waals surface area contributed by atoms with Crippen molar-refractivity contribution in [2.75, 3.05) is 13.1 Å². The van der Waals surface area contributed by atoms with Crippen LogP contribution in [0.2, 0.25) is 0 Å². The predicted molar refractivity (Wildman–Crippen MR) is 122 cm³/mol. The Labute approximate surface area is 197 Å². The maximum Gasteiger partial charge on any atom is 0.317 e. The molecule has 34 heavy (non-hydrogen) atoms. The van der Waals surface area contributed by atoms with E-state index >= 15 is 0 Å². The van der Waals surface area contributed by atoms with Gasteiger partial charge in [0.25, 0.3) is 0 Å². The molecule has 3 aliphatic carbocycles.